The van der Waals surface area contributed by atoms with Crippen LogP contribution in [0, 0.1) is 5.82 Å². The summed E-state index contributed by atoms with van der Waals surface area (Å²) < 4.78 is 31.5. The molecule has 2 aromatic rings. The summed E-state index contributed by atoms with van der Waals surface area (Å²) in [6.45, 7) is 7.99. The van der Waals surface area contributed by atoms with E-state index < -0.39 is 28.8 Å². The maximum absolute atomic E-state index is 13.8. The van der Waals surface area contributed by atoms with Crippen molar-refractivity contribution < 1.29 is 28.0 Å². The van der Waals surface area contributed by atoms with Gasteiger partial charge in [-0.2, -0.15) is 0 Å². The highest BCUT2D eigenvalue weighted by molar-refractivity contribution is 7.86. The monoisotopic (exact) mass is 547 g/mol. The zero-order chi connectivity index (χ0) is 26.6. The van der Waals surface area contributed by atoms with Gasteiger partial charge in [0.05, 0.1) is 17.7 Å². The Balaban J connectivity index is 0.000000510. The molecule has 1 aliphatic rings. The van der Waals surface area contributed by atoms with E-state index in [0.29, 0.717) is 24.3 Å². The first-order valence-electron chi connectivity index (χ1n) is 11.0. The van der Waals surface area contributed by atoms with E-state index in [9.17, 15) is 13.4 Å². The third-order valence-corrected chi connectivity index (χ3v) is 7.50. The van der Waals surface area contributed by atoms with Crippen LogP contribution in [0.3, 0.4) is 0 Å². The zero-order valence-corrected chi connectivity index (χ0v) is 22.6. The number of morpholine rings is 1. The Bertz CT molecular complexity index is 972. The minimum Gasteiger partial charge on any atom is -0.483 e. The number of carboxylic acid groups (broad SMARTS) is 1. The van der Waals surface area contributed by atoms with Crippen LogP contribution >= 0.6 is 23.2 Å². The molecule has 3 rings (SSSR count). The normalized spacial score (nSPS) is 18.5. The third-order valence-electron chi connectivity index (χ3n) is 5.02. The Kier molecular flexibility index (Phi) is 13.5. The van der Waals surface area contributed by atoms with Gasteiger partial charge in [0.15, 0.2) is 0 Å². The number of amides is 1. The van der Waals surface area contributed by atoms with Crippen LogP contribution in [0.15, 0.2) is 48.5 Å². The molecule has 0 spiro atoms. The molecule has 194 valence electrons. The summed E-state index contributed by atoms with van der Waals surface area (Å²) in [5, 5.41) is 7.72. The number of benzene rings is 2. The van der Waals surface area contributed by atoms with Crippen LogP contribution in [0.1, 0.15) is 45.7 Å². The van der Waals surface area contributed by atoms with Gasteiger partial charge in [0.25, 0.3) is 12.4 Å². The van der Waals surface area contributed by atoms with Gasteiger partial charge < -0.3 is 14.7 Å². The maximum Gasteiger partial charge on any atom is 0.290 e. The van der Waals surface area contributed by atoms with Gasteiger partial charge in [0.2, 0.25) is 0 Å². The van der Waals surface area contributed by atoms with Gasteiger partial charge in [0.1, 0.15) is 11.9 Å². The van der Waals surface area contributed by atoms with E-state index >= 15 is 0 Å². The summed E-state index contributed by atoms with van der Waals surface area (Å²) in [5.41, 5.74) is 0.631. The van der Waals surface area contributed by atoms with Crippen molar-refractivity contribution in [1.82, 2.24) is 4.90 Å². The van der Waals surface area contributed by atoms with Crippen LogP contribution in [0.2, 0.25) is 10.0 Å². The molecule has 1 amide bonds. The van der Waals surface area contributed by atoms with E-state index in [2.05, 4.69) is 0 Å². The summed E-state index contributed by atoms with van der Waals surface area (Å²) in [4.78, 5) is 22.8. The SMILES string of the molecule is CCC1OCC(c2ccc(Cl)c(F)c2)N(CCS(=O)C(C)(C)C)C1=O.Clc1ccccc1.O=CO. The maximum atomic E-state index is 13.8. The van der Waals surface area contributed by atoms with Gasteiger partial charge in [-0.25, -0.2) is 4.39 Å². The molecule has 0 aliphatic carbocycles. The first-order chi connectivity index (χ1) is 16.5. The Labute approximate surface area is 218 Å². The molecule has 6 nitrogen and oxygen atoms in total. The molecule has 2 aromatic carbocycles. The lowest BCUT2D eigenvalue weighted by molar-refractivity contribution is -0.159. The van der Waals surface area contributed by atoms with Crippen molar-refractivity contribution in [3.63, 3.8) is 0 Å². The average molecular weight is 549 g/mol. The molecule has 0 aromatic heterocycles. The summed E-state index contributed by atoms with van der Waals surface area (Å²) >= 11 is 11.3. The van der Waals surface area contributed by atoms with E-state index in [0.717, 1.165) is 5.02 Å². The van der Waals surface area contributed by atoms with E-state index in [1.807, 2.05) is 58.0 Å². The van der Waals surface area contributed by atoms with Crippen LogP contribution in [0.4, 0.5) is 4.39 Å². The molecule has 1 heterocycles. The number of ether oxygens (including phenoxy) is 1. The Hall–Kier alpha value is -2.00. The Morgan fingerprint density at radius 3 is 2.26 bits per heavy atom. The largest absolute Gasteiger partial charge is 0.483 e. The number of nitrogens with zero attached hydrogens (tertiary/aromatic N) is 1. The topological polar surface area (TPSA) is 83.9 Å². The Morgan fingerprint density at radius 2 is 1.80 bits per heavy atom. The summed E-state index contributed by atoms with van der Waals surface area (Å²) in [5.74, 6) is -0.291. The quantitative estimate of drug-likeness (QED) is 0.482. The van der Waals surface area contributed by atoms with Gasteiger partial charge >= 0.3 is 0 Å². The molecule has 1 N–H and O–H groups in total. The molecule has 1 aliphatic heterocycles. The molecule has 0 bridgehead atoms. The van der Waals surface area contributed by atoms with Gasteiger partial charge in [-0.05, 0) is 57.0 Å². The Morgan fingerprint density at radius 1 is 1.20 bits per heavy atom. The number of hydrogen-bond acceptors (Lipinski definition) is 4. The molecular formula is C25H32Cl2FNO5S. The van der Waals surface area contributed by atoms with Crippen LogP contribution in [-0.4, -0.2) is 56.4 Å². The van der Waals surface area contributed by atoms with Crippen molar-refractivity contribution in [2.45, 2.75) is 51.0 Å². The number of hydrogen-bond donors (Lipinski definition) is 1. The minimum atomic E-state index is -1.08. The van der Waals surface area contributed by atoms with Gasteiger partial charge in [0, 0.05) is 32.9 Å². The first-order valence-corrected chi connectivity index (χ1v) is 13.1. The lowest BCUT2D eigenvalue weighted by Crippen LogP contribution is -2.50. The molecule has 10 heteroatoms. The molecule has 35 heavy (non-hydrogen) atoms. The summed E-state index contributed by atoms with van der Waals surface area (Å²) in [7, 11) is -1.08. The smallest absolute Gasteiger partial charge is 0.290 e. The fourth-order valence-electron chi connectivity index (χ4n) is 3.16. The number of rotatable bonds is 5. The van der Waals surface area contributed by atoms with Gasteiger partial charge in [-0.15, -0.1) is 0 Å². The minimum absolute atomic E-state index is 0.0404. The average Bonchev–Trinajstić information content (AvgIpc) is 2.80. The number of halogens is 3. The van der Waals surface area contributed by atoms with Gasteiger partial charge in [-0.1, -0.05) is 54.4 Å². The zero-order valence-electron chi connectivity index (χ0n) is 20.2. The second kappa shape index (κ2) is 15.2. The van der Waals surface area contributed by atoms with Crippen molar-refractivity contribution in [3.05, 3.63) is 70.0 Å². The molecule has 3 unspecified atom stereocenters. The summed E-state index contributed by atoms with van der Waals surface area (Å²) in [6, 6.07) is 13.6. The highest BCUT2D eigenvalue weighted by atomic mass is 35.5. The van der Waals surface area contributed by atoms with Crippen molar-refractivity contribution in [2.24, 2.45) is 0 Å². The standard InChI is InChI=1S/C18H25ClFNO3S.C6H5Cl.CH2O2/c1-5-16-17(22)21(8-9-25(23)18(2,3)4)15(11-24-16)12-6-7-13(19)14(20)10-12;7-6-4-2-1-3-5-6;2-1-3/h6-7,10,15-16H,5,8-9,11H2,1-4H3;1-5H;1H,(H,2,3). The van der Waals surface area contributed by atoms with Gasteiger partial charge in [-0.3, -0.25) is 13.8 Å². The van der Waals surface area contributed by atoms with Crippen molar-refractivity contribution in [2.75, 3.05) is 18.9 Å². The van der Waals surface area contributed by atoms with Crippen LogP contribution < -0.4 is 0 Å². The second-order valence-electron chi connectivity index (χ2n) is 8.51. The molecule has 1 saturated heterocycles. The molecule has 0 saturated carbocycles. The van der Waals surface area contributed by atoms with Crippen LogP contribution in [0.25, 0.3) is 0 Å². The molecule has 0 radical (unpaired) electrons. The molecular weight excluding hydrogens is 516 g/mol. The fraction of sp³-hybridized carbons (Fsp3) is 0.440. The van der Waals surface area contributed by atoms with Crippen molar-refractivity contribution in [1.29, 1.82) is 0 Å². The predicted octanol–water partition coefficient (Wildman–Crippen LogP) is 5.75. The van der Waals surface area contributed by atoms with Crippen molar-refractivity contribution >= 4 is 46.4 Å². The lowest BCUT2D eigenvalue weighted by atomic mass is 10.0. The van der Waals surface area contributed by atoms with E-state index in [4.69, 9.17) is 37.8 Å². The van der Waals surface area contributed by atoms with Crippen molar-refractivity contribution in [3.8, 4) is 0 Å². The fourth-order valence-corrected chi connectivity index (χ4v) is 4.40. The van der Waals surface area contributed by atoms with Crippen LogP contribution in [-0.2, 0) is 25.1 Å². The number of carbonyl (C=O) groups is 2. The predicted molar refractivity (Wildman–Crippen MR) is 139 cm³/mol. The number of carbonyl (C=O) groups excluding carboxylic acids is 1. The highest BCUT2D eigenvalue weighted by Gasteiger charge is 2.36. The highest BCUT2D eigenvalue weighted by Crippen LogP contribution is 2.30. The van der Waals surface area contributed by atoms with E-state index in [1.54, 1.807) is 11.0 Å². The third kappa shape index (κ3) is 10.3. The molecule has 1 fully saturated rings. The van der Waals surface area contributed by atoms with E-state index in [1.165, 1.54) is 12.1 Å². The van der Waals surface area contributed by atoms with E-state index in [-0.39, 0.29) is 28.8 Å². The summed E-state index contributed by atoms with van der Waals surface area (Å²) in [6.07, 6.45) is 0.0656. The lowest BCUT2D eigenvalue weighted by Gasteiger charge is -2.39. The molecule has 3 atom stereocenters. The second-order valence-corrected chi connectivity index (χ2v) is 11.7. The van der Waals surface area contributed by atoms with Crippen LogP contribution in [0.5, 0.6) is 0 Å². The first kappa shape index (κ1) is 31.0.